The molecular formula is C15H14F3N3O. The van der Waals surface area contributed by atoms with Crippen molar-refractivity contribution in [2.75, 3.05) is 11.4 Å². The van der Waals surface area contributed by atoms with Gasteiger partial charge < -0.3 is 10.0 Å². The molecule has 0 spiro atoms. The molecular weight excluding hydrogens is 295 g/mol. The highest BCUT2D eigenvalue weighted by Crippen LogP contribution is 2.41. The summed E-state index contributed by atoms with van der Waals surface area (Å²) in [5.74, 6) is 0.459. The summed E-state index contributed by atoms with van der Waals surface area (Å²) in [6, 6.07) is 4.88. The maximum Gasteiger partial charge on any atom is 0.416 e. The lowest BCUT2D eigenvalue weighted by Crippen LogP contribution is -2.26. The van der Waals surface area contributed by atoms with E-state index in [1.54, 1.807) is 11.0 Å². The van der Waals surface area contributed by atoms with Crippen LogP contribution < -0.4 is 4.90 Å². The number of aliphatic hydroxyl groups excluding tert-OH is 1. The van der Waals surface area contributed by atoms with Gasteiger partial charge in [-0.05, 0) is 18.1 Å². The normalized spacial score (nSPS) is 22.1. The molecule has 0 saturated carbocycles. The highest BCUT2D eigenvalue weighted by molar-refractivity contribution is 5.45. The molecule has 2 aromatic rings. The predicted molar refractivity (Wildman–Crippen MR) is 74.2 cm³/mol. The average molecular weight is 309 g/mol. The summed E-state index contributed by atoms with van der Waals surface area (Å²) in [5, 5.41) is 9.92. The molecule has 1 aromatic carbocycles. The Balaban J connectivity index is 2.03. The molecule has 4 nitrogen and oxygen atoms in total. The van der Waals surface area contributed by atoms with E-state index in [-0.39, 0.29) is 18.5 Å². The molecule has 1 fully saturated rings. The molecule has 1 aliphatic heterocycles. The molecule has 7 heteroatoms. The van der Waals surface area contributed by atoms with Gasteiger partial charge in [-0.25, -0.2) is 4.98 Å². The van der Waals surface area contributed by atoms with E-state index in [9.17, 15) is 18.3 Å². The van der Waals surface area contributed by atoms with E-state index >= 15 is 0 Å². The third kappa shape index (κ3) is 2.76. The van der Waals surface area contributed by atoms with Crippen molar-refractivity contribution in [3.05, 3.63) is 54.0 Å². The summed E-state index contributed by atoms with van der Waals surface area (Å²) in [4.78, 5) is 9.75. The van der Waals surface area contributed by atoms with Crippen LogP contribution in [-0.2, 0) is 6.18 Å². The fourth-order valence-electron chi connectivity index (χ4n) is 2.85. The average Bonchev–Trinajstić information content (AvgIpc) is 2.89. The van der Waals surface area contributed by atoms with E-state index in [0.717, 1.165) is 6.07 Å². The maximum absolute atomic E-state index is 13.2. The van der Waals surface area contributed by atoms with Crippen LogP contribution in [0.1, 0.15) is 23.6 Å². The summed E-state index contributed by atoms with van der Waals surface area (Å²) in [6.07, 6.45) is -0.446. The first-order chi connectivity index (χ1) is 10.5. The van der Waals surface area contributed by atoms with Gasteiger partial charge in [0.2, 0.25) is 0 Å². The van der Waals surface area contributed by atoms with Crippen LogP contribution in [0, 0.1) is 0 Å². The van der Waals surface area contributed by atoms with E-state index < -0.39 is 23.9 Å². The van der Waals surface area contributed by atoms with Crippen molar-refractivity contribution in [3.63, 3.8) is 0 Å². The molecule has 22 heavy (non-hydrogen) atoms. The van der Waals surface area contributed by atoms with Crippen LogP contribution in [0.15, 0.2) is 42.9 Å². The van der Waals surface area contributed by atoms with Gasteiger partial charge in [-0.3, -0.25) is 4.98 Å². The Bertz CT molecular complexity index is 648. The number of β-amino-alcohol motifs (C(OH)–C–C–N with tert-alkyl or cyclic N) is 1. The molecule has 1 saturated heterocycles. The second-order valence-electron chi connectivity index (χ2n) is 5.21. The molecule has 3 rings (SSSR count). The number of aromatic nitrogens is 2. The monoisotopic (exact) mass is 309 g/mol. The molecule has 2 atom stereocenters. The van der Waals surface area contributed by atoms with Crippen LogP contribution in [0.4, 0.5) is 19.0 Å². The standard InChI is InChI=1S/C15H14F3N3O/c16-15(17,18)12-4-2-1-3-11(12)13-7-10(22)9-21(13)14-8-19-5-6-20-14/h1-6,8,10,13,22H,7,9H2. The number of nitrogens with zero attached hydrogens (tertiary/aromatic N) is 3. The van der Waals surface area contributed by atoms with Crippen molar-refractivity contribution in [2.45, 2.75) is 24.7 Å². The van der Waals surface area contributed by atoms with E-state index in [0.29, 0.717) is 5.82 Å². The lowest BCUT2D eigenvalue weighted by atomic mass is 9.97. The molecule has 1 aromatic heterocycles. The first-order valence-electron chi connectivity index (χ1n) is 6.83. The third-order valence-electron chi connectivity index (χ3n) is 3.75. The van der Waals surface area contributed by atoms with Crippen molar-refractivity contribution in [3.8, 4) is 0 Å². The quantitative estimate of drug-likeness (QED) is 0.927. The van der Waals surface area contributed by atoms with Gasteiger partial charge in [0.15, 0.2) is 0 Å². The number of anilines is 1. The SMILES string of the molecule is OC1CC(c2ccccc2C(F)(F)F)N(c2cnccn2)C1. The summed E-state index contributed by atoms with van der Waals surface area (Å²) in [7, 11) is 0. The molecule has 0 radical (unpaired) electrons. The number of rotatable bonds is 2. The van der Waals surface area contributed by atoms with Gasteiger partial charge in [0.1, 0.15) is 5.82 Å². The highest BCUT2D eigenvalue weighted by atomic mass is 19.4. The molecule has 1 N–H and O–H groups in total. The van der Waals surface area contributed by atoms with Gasteiger partial charge >= 0.3 is 6.18 Å². The zero-order valence-electron chi connectivity index (χ0n) is 11.5. The number of halogens is 3. The third-order valence-corrected chi connectivity index (χ3v) is 3.75. The van der Waals surface area contributed by atoms with Gasteiger partial charge in [0, 0.05) is 18.9 Å². The number of alkyl halides is 3. The van der Waals surface area contributed by atoms with Gasteiger partial charge in [-0.1, -0.05) is 18.2 Å². The minimum absolute atomic E-state index is 0.150. The Morgan fingerprint density at radius 1 is 1.18 bits per heavy atom. The fourth-order valence-corrected chi connectivity index (χ4v) is 2.85. The Morgan fingerprint density at radius 3 is 2.64 bits per heavy atom. The number of benzene rings is 1. The zero-order valence-corrected chi connectivity index (χ0v) is 11.5. The Labute approximate surface area is 125 Å². The van der Waals surface area contributed by atoms with Gasteiger partial charge in [0.05, 0.1) is 23.9 Å². The van der Waals surface area contributed by atoms with Gasteiger partial charge in [0.25, 0.3) is 0 Å². The van der Waals surface area contributed by atoms with Crippen LogP contribution in [-0.4, -0.2) is 27.7 Å². The van der Waals surface area contributed by atoms with Crippen molar-refractivity contribution in [1.82, 2.24) is 9.97 Å². The second-order valence-corrected chi connectivity index (χ2v) is 5.21. The van der Waals surface area contributed by atoms with E-state index in [4.69, 9.17) is 0 Å². The lowest BCUT2D eigenvalue weighted by molar-refractivity contribution is -0.138. The van der Waals surface area contributed by atoms with Crippen LogP contribution in [0.5, 0.6) is 0 Å². The molecule has 0 amide bonds. The number of hydrogen-bond donors (Lipinski definition) is 1. The minimum Gasteiger partial charge on any atom is -0.391 e. The van der Waals surface area contributed by atoms with E-state index in [2.05, 4.69) is 9.97 Å². The second kappa shape index (κ2) is 5.57. The first-order valence-corrected chi connectivity index (χ1v) is 6.83. The maximum atomic E-state index is 13.2. The molecule has 0 aliphatic carbocycles. The van der Waals surface area contributed by atoms with Gasteiger partial charge in [-0.15, -0.1) is 0 Å². The Hall–Kier alpha value is -2.15. The molecule has 2 unspecified atom stereocenters. The van der Waals surface area contributed by atoms with Crippen LogP contribution >= 0.6 is 0 Å². The molecule has 1 aliphatic rings. The van der Waals surface area contributed by atoms with E-state index in [1.807, 2.05) is 0 Å². The van der Waals surface area contributed by atoms with Crippen molar-refractivity contribution in [1.29, 1.82) is 0 Å². The molecule has 2 heterocycles. The summed E-state index contributed by atoms with van der Waals surface area (Å²) in [6.45, 7) is 0.232. The highest BCUT2D eigenvalue weighted by Gasteiger charge is 2.40. The predicted octanol–water partition coefficient (Wildman–Crippen LogP) is 2.81. The fraction of sp³-hybridized carbons (Fsp3) is 0.333. The largest absolute Gasteiger partial charge is 0.416 e. The number of hydrogen-bond acceptors (Lipinski definition) is 4. The first kappa shape index (κ1) is 14.8. The zero-order chi connectivity index (χ0) is 15.7. The number of aliphatic hydroxyl groups is 1. The van der Waals surface area contributed by atoms with Crippen LogP contribution in [0.25, 0.3) is 0 Å². The molecule has 116 valence electrons. The Morgan fingerprint density at radius 2 is 1.95 bits per heavy atom. The lowest BCUT2D eigenvalue weighted by Gasteiger charge is -2.27. The summed E-state index contributed by atoms with van der Waals surface area (Å²) < 4.78 is 39.7. The topological polar surface area (TPSA) is 49.2 Å². The van der Waals surface area contributed by atoms with Crippen LogP contribution in [0.3, 0.4) is 0 Å². The van der Waals surface area contributed by atoms with Crippen LogP contribution in [0.2, 0.25) is 0 Å². The molecule has 0 bridgehead atoms. The van der Waals surface area contributed by atoms with Crippen molar-refractivity contribution >= 4 is 5.82 Å². The smallest absolute Gasteiger partial charge is 0.391 e. The summed E-state index contributed by atoms with van der Waals surface area (Å²) >= 11 is 0. The van der Waals surface area contributed by atoms with E-state index in [1.165, 1.54) is 30.7 Å². The minimum atomic E-state index is -4.43. The van der Waals surface area contributed by atoms with Crippen molar-refractivity contribution in [2.24, 2.45) is 0 Å². The Kier molecular flexibility index (Phi) is 3.74. The van der Waals surface area contributed by atoms with Gasteiger partial charge in [-0.2, -0.15) is 13.2 Å². The van der Waals surface area contributed by atoms with Crippen molar-refractivity contribution < 1.29 is 18.3 Å². The summed E-state index contributed by atoms with van der Waals surface area (Å²) in [5.41, 5.74) is -0.528.